The average Bonchev–Trinajstić information content (AvgIpc) is 2.79. The van der Waals surface area contributed by atoms with E-state index < -0.39 is 0 Å². The van der Waals surface area contributed by atoms with Crippen LogP contribution >= 0.6 is 11.6 Å². The molecule has 0 N–H and O–H groups in total. The number of fused-ring (bicyclic) bond motifs is 2. The maximum atomic E-state index is 13.2. The van der Waals surface area contributed by atoms with Crippen LogP contribution in [-0.4, -0.2) is 47.9 Å². The number of piperidine rings is 1. The van der Waals surface area contributed by atoms with Crippen LogP contribution < -0.4 is 0 Å². The molecule has 1 aromatic rings. The van der Waals surface area contributed by atoms with E-state index in [2.05, 4.69) is 37.9 Å². The van der Waals surface area contributed by atoms with Gasteiger partial charge in [0.1, 0.15) is 0 Å². The first kappa shape index (κ1) is 16.8. The number of nitrogens with zero attached hydrogens (tertiary/aromatic N) is 2. The molecule has 0 radical (unpaired) electrons. The molecule has 2 bridgehead atoms. The first-order valence-corrected chi connectivity index (χ1v) is 9.20. The molecule has 3 rings (SSSR count). The molecule has 3 nitrogen and oxygen atoms in total. The Morgan fingerprint density at radius 2 is 1.87 bits per heavy atom. The quantitative estimate of drug-likeness (QED) is 0.836. The summed E-state index contributed by atoms with van der Waals surface area (Å²) in [5.74, 6) is 0.709. The van der Waals surface area contributed by atoms with Gasteiger partial charge in [-0.2, -0.15) is 0 Å². The van der Waals surface area contributed by atoms with Crippen LogP contribution in [0.2, 0.25) is 5.02 Å². The number of amides is 1. The minimum atomic E-state index is 0.0693. The molecule has 4 heteroatoms. The normalized spacial score (nSPS) is 30.4. The van der Waals surface area contributed by atoms with Crippen molar-refractivity contribution >= 4 is 17.5 Å². The van der Waals surface area contributed by atoms with Crippen LogP contribution in [0.4, 0.5) is 0 Å². The molecule has 2 unspecified atom stereocenters. The predicted molar refractivity (Wildman–Crippen MR) is 94.8 cm³/mol. The summed E-state index contributed by atoms with van der Waals surface area (Å²) in [4.78, 5) is 17.7. The van der Waals surface area contributed by atoms with Crippen LogP contribution in [0.25, 0.3) is 0 Å². The standard InChI is InChI=1S/C19H27ClN2O/c1-4-22(5-2)19(23)18-16(13-6-8-14(20)9-7-13)12-15-10-11-17(18)21(15)3/h6-9,15-18H,4-5,10-12H2,1-3H3/t15-,16-,17?,18?/m1/s1. The topological polar surface area (TPSA) is 23.6 Å². The van der Waals surface area contributed by atoms with E-state index in [1.54, 1.807) is 0 Å². The van der Waals surface area contributed by atoms with Gasteiger partial charge in [0.15, 0.2) is 0 Å². The Hall–Kier alpha value is -1.06. The Morgan fingerprint density at radius 3 is 2.48 bits per heavy atom. The van der Waals surface area contributed by atoms with E-state index in [1.165, 1.54) is 12.0 Å². The monoisotopic (exact) mass is 334 g/mol. The lowest BCUT2D eigenvalue weighted by Crippen LogP contribution is -2.52. The smallest absolute Gasteiger partial charge is 0.227 e. The van der Waals surface area contributed by atoms with Crippen molar-refractivity contribution in [3.05, 3.63) is 34.9 Å². The van der Waals surface area contributed by atoms with Gasteiger partial charge >= 0.3 is 0 Å². The number of benzene rings is 1. The molecule has 2 aliphatic heterocycles. The summed E-state index contributed by atoms with van der Waals surface area (Å²) in [6, 6.07) is 9.12. The molecule has 0 aromatic heterocycles. The van der Waals surface area contributed by atoms with Crippen molar-refractivity contribution in [3.63, 3.8) is 0 Å². The van der Waals surface area contributed by atoms with Gasteiger partial charge in [-0.15, -0.1) is 0 Å². The number of carbonyl (C=O) groups is 1. The van der Waals surface area contributed by atoms with Gasteiger partial charge in [-0.25, -0.2) is 0 Å². The Labute approximate surface area is 144 Å². The molecule has 126 valence electrons. The fourth-order valence-electron chi connectivity index (χ4n) is 4.60. The fraction of sp³-hybridized carbons (Fsp3) is 0.632. The molecule has 0 spiro atoms. The fourth-order valence-corrected chi connectivity index (χ4v) is 4.73. The van der Waals surface area contributed by atoms with E-state index in [9.17, 15) is 4.79 Å². The minimum absolute atomic E-state index is 0.0693. The second-order valence-electron chi connectivity index (χ2n) is 6.89. The summed E-state index contributed by atoms with van der Waals surface area (Å²) in [7, 11) is 2.20. The Kier molecular flexibility index (Phi) is 4.98. The van der Waals surface area contributed by atoms with Crippen molar-refractivity contribution in [2.45, 2.75) is 51.1 Å². The maximum absolute atomic E-state index is 13.2. The lowest BCUT2D eigenvalue weighted by Gasteiger charge is -2.44. The lowest BCUT2D eigenvalue weighted by molar-refractivity contribution is -0.139. The highest BCUT2D eigenvalue weighted by molar-refractivity contribution is 6.30. The van der Waals surface area contributed by atoms with Gasteiger partial charge in [0.05, 0.1) is 5.92 Å². The zero-order valence-electron chi connectivity index (χ0n) is 14.3. The molecule has 23 heavy (non-hydrogen) atoms. The van der Waals surface area contributed by atoms with Crippen LogP contribution in [0, 0.1) is 5.92 Å². The average molecular weight is 335 g/mol. The van der Waals surface area contributed by atoms with Crippen LogP contribution in [0.3, 0.4) is 0 Å². The minimum Gasteiger partial charge on any atom is -0.343 e. The summed E-state index contributed by atoms with van der Waals surface area (Å²) >= 11 is 6.05. The second-order valence-corrected chi connectivity index (χ2v) is 7.33. The molecule has 0 saturated carbocycles. The highest BCUT2D eigenvalue weighted by Gasteiger charge is 2.49. The van der Waals surface area contributed by atoms with Gasteiger partial charge < -0.3 is 4.90 Å². The van der Waals surface area contributed by atoms with Crippen molar-refractivity contribution in [2.75, 3.05) is 20.1 Å². The molecule has 4 atom stereocenters. The van der Waals surface area contributed by atoms with Gasteiger partial charge in [-0.1, -0.05) is 23.7 Å². The number of hydrogen-bond acceptors (Lipinski definition) is 2. The van der Waals surface area contributed by atoms with Gasteiger partial charge in [0.2, 0.25) is 5.91 Å². The summed E-state index contributed by atoms with van der Waals surface area (Å²) in [5, 5.41) is 0.760. The third-order valence-corrected chi connectivity index (χ3v) is 6.18. The van der Waals surface area contributed by atoms with E-state index in [-0.39, 0.29) is 5.92 Å². The Morgan fingerprint density at radius 1 is 1.22 bits per heavy atom. The molecule has 0 aliphatic carbocycles. The predicted octanol–water partition coefficient (Wildman–Crippen LogP) is 3.77. The third kappa shape index (κ3) is 3.01. The van der Waals surface area contributed by atoms with Crippen molar-refractivity contribution < 1.29 is 4.79 Å². The van der Waals surface area contributed by atoms with Crippen molar-refractivity contribution in [1.82, 2.24) is 9.80 Å². The largest absolute Gasteiger partial charge is 0.343 e. The third-order valence-electron chi connectivity index (χ3n) is 5.93. The van der Waals surface area contributed by atoms with Gasteiger partial charge in [-0.3, -0.25) is 9.69 Å². The van der Waals surface area contributed by atoms with Crippen molar-refractivity contribution in [1.29, 1.82) is 0 Å². The lowest BCUT2D eigenvalue weighted by atomic mass is 9.75. The molecule has 2 heterocycles. The van der Waals surface area contributed by atoms with E-state index in [4.69, 9.17) is 11.6 Å². The van der Waals surface area contributed by atoms with Crippen LogP contribution in [0.5, 0.6) is 0 Å². The molecule has 2 fully saturated rings. The Bertz CT molecular complexity index is 555. The molecular formula is C19H27ClN2O. The molecule has 2 aliphatic rings. The SMILES string of the molecule is CCN(CC)C(=O)C1C2CC[C@H](C[C@@H]1c1ccc(Cl)cc1)N2C. The zero-order valence-corrected chi connectivity index (χ0v) is 15.1. The summed E-state index contributed by atoms with van der Waals surface area (Å²) in [6.45, 7) is 5.73. The Balaban J connectivity index is 1.95. The number of carbonyl (C=O) groups excluding carboxylic acids is 1. The number of hydrogen-bond donors (Lipinski definition) is 0. The molecule has 1 aromatic carbocycles. The van der Waals surface area contributed by atoms with Gasteiger partial charge in [0, 0.05) is 30.2 Å². The van der Waals surface area contributed by atoms with E-state index in [0.29, 0.717) is 23.9 Å². The highest BCUT2D eigenvalue weighted by Crippen LogP contribution is 2.47. The molecular weight excluding hydrogens is 308 g/mol. The number of halogens is 1. The first-order valence-electron chi connectivity index (χ1n) is 8.83. The maximum Gasteiger partial charge on any atom is 0.227 e. The highest BCUT2D eigenvalue weighted by atomic mass is 35.5. The molecule has 2 saturated heterocycles. The van der Waals surface area contributed by atoms with Crippen molar-refractivity contribution in [2.24, 2.45) is 5.92 Å². The summed E-state index contributed by atoms with van der Waals surface area (Å²) in [6.07, 6.45) is 3.43. The van der Waals surface area contributed by atoms with E-state index in [0.717, 1.165) is 31.0 Å². The van der Waals surface area contributed by atoms with Crippen molar-refractivity contribution in [3.8, 4) is 0 Å². The number of rotatable bonds is 4. The van der Waals surface area contributed by atoms with Crippen LogP contribution in [0.1, 0.15) is 44.6 Å². The van der Waals surface area contributed by atoms with Gasteiger partial charge in [-0.05, 0) is 63.8 Å². The van der Waals surface area contributed by atoms with Crippen LogP contribution in [0.15, 0.2) is 24.3 Å². The summed E-state index contributed by atoms with van der Waals surface area (Å²) in [5.41, 5.74) is 1.27. The summed E-state index contributed by atoms with van der Waals surface area (Å²) < 4.78 is 0. The van der Waals surface area contributed by atoms with Crippen LogP contribution in [-0.2, 0) is 4.79 Å². The van der Waals surface area contributed by atoms with E-state index in [1.807, 2.05) is 17.0 Å². The second kappa shape index (κ2) is 6.82. The molecule has 1 amide bonds. The first-order chi connectivity index (χ1) is 11.1. The van der Waals surface area contributed by atoms with E-state index >= 15 is 0 Å². The van der Waals surface area contributed by atoms with Gasteiger partial charge in [0.25, 0.3) is 0 Å². The zero-order chi connectivity index (χ0) is 16.6.